The summed E-state index contributed by atoms with van der Waals surface area (Å²) in [6.07, 6.45) is 3.68. The Labute approximate surface area is 135 Å². The zero-order chi connectivity index (χ0) is 16.1. The number of imidazole rings is 1. The molecule has 0 aliphatic carbocycles. The second-order valence-electron chi connectivity index (χ2n) is 5.15. The monoisotopic (exact) mass is 306 g/mol. The van der Waals surface area contributed by atoms with E-state index in [-0.39, 0.29) is 6.03 Å². The molecule has 2 aromatic carbocycles. The van der Waals surface area contributed by atoms with Gasteiger partial charge in [0.15, 0.2) is 0 Å². The summed E-state index contributed by atoms with van der Waals surface area (Å²) in [5, 5.41) is 5.69. The van der Waals surface area contributed by atoms with Crippen LogP contribution in [0.4, 0.5) is 10.5 Å². The highest BCUT2D eigenvalue weighted by Crippen LogP contribution is 2.16. The Morgan fingerprint density at radius 1 is 1.09 bits per heavy atom. The van der Waals surface area contributed by atoms with Gasteiger partial charge in [0, 0.05) is 24.6 Å². The Morgan fingerprint density at radius 3 is 2.57 bits per heavy atom. The van der Waals surface area contributed by atoms with Crippen molar-refractivity contribution in [2.75, 3.05) is 5.32 Å². The second kappa shape index (κ2) is 6.79. The number of urea groups is 1. The van der Waals surface area contributed by atoms with Crippen LogP contribution in [0.25, 0.3) is 5.69 Å². The number of rotatable bonds is 4. The van der Waals surface area contributed by atoms with Gasteiger partial charge in [0.05, 0.1) is 5.69 Å². The number of carbonyl (C=O) groups is 1. The van der Waals surface area contributed by atoms with Gasteiger partial charge < -0.3 is 15.2 Å². The predicted molar refractivity (Wildman–Crippen MR) is 90.6 cm³/mol. The van der Waals surface area contributed by atoms with Gasteiger partial charge in [-0.25, -0.2) is 9.78 Å². The van der Waals surface area contributed by atoms with E-state index < -0.39 is 0 Å². The van der Waals surface area contributed by atoms with Gasteiger partial charge in [0.25, 0.3) is 0 Å². The fourth-order valence-corrected chi connectivity index (χ4v) is 2.40. The summed E-state index contributed by atoms with van der Waals surface area (Å²) in [6, 6.07) is 17.1. The summed E-state index contributed by atoms with van der Waals surface area (Å²) >= 11 is 0. The van der Waals surface area contributed by atoms with E-state index in [4.69, 9.17) is 0 Å². The second-order valence-corrected chi connectivity index (χ2v) is 5.15. The lowest BCUT2D eigenvalue weighted by Gasteiger charge is -2.13. The molecule has 3 aromatic rings. The molecule has 0 radical (unpaired) electrons. The maximum absolute atomic E-state index is 12.0. The van der Waals surface area contributed by atoms with E-state index in [1.165, 1.54) is 0 Å². The van der Waals surface area contributed by atoms with Gasteiger partial charge in [-0.05, 0) is 30.7 Å². The van der Waals surface area contributed by atoms with E-state index in [1.807, 2.05) is 72.3 Å². The van der Waals surface area contributed by atoms with Gasteiger partial charge >= 0.3 is 6.03 Å². The number of aryl methyl sites for hydroxylation is 1. The number of hydrogen-bond acceptors (Lipinski definition) is 2. The van der Waals surface area contributed by atoms with Crippen LogP contribution in [0, 0.1) is 6.92 Å². The smallest absolute Gasteiger partial charge is 0.319 e. The molecule has 23 heavy (non-hydrogen) atoms. The molecule has 0 spiro atoms. The van der Waals surface area contributed by atoms with Crippen molar-refractivity contribution in [2.24, 2.45) is 0 Å². The summed E-state index contributed by atoms with van der Waals surface area (Å²) in [6.45, 7) is 2.39. The van der Waals surface area contributed by atoms with Crippen LogP contribution >= 0.6 is 0 Å². The lowest BCUT2D eigenvalue weighted by molar-refractivity contribution is 0.251. The third-order valence-corrected chi connectivity index (χ3v) is 3.55. The first-order chi connectivity index (χ1) is 11.2. The molecule has 3 rings (SSSR count). The molecule has 5 heteroatoms. The van der Waals surface area contributed by atoms with Crippen molar-refractivity contribution >= 4 is 11.7 Å². The molecule has 2 amide bonds. The number of nitrogens with zero attached hydrogens (tertiary/aromatic N) is 2. The van der Waals surface area contributed by atoms with Crippen LogP contribution in [-0.4, -0.2) is 15.6 Å². The van der Waals surface area contributed by atoms with Crippen molar-refractivity contribution in [1.29, 1.82) is 0 Å². The van der Waals surface area contributed by atoms with Crippen molar-refractivity contribution in [1.82, 2.24) is 14.9 Å². The predicted octanol–water partition coefficient (Wildman–Crippen LogP) is 3.50. The van der Waals surface area contributed by atoms with Crippen LogP contribution in [0.1, 0.15) is 11.4 Å². The first-order valence-electron chi connectivity index (χ1n) is 7.42. The van der Waals surface area contributed by atoms with E-state index in [0.717, 1.165) is 22.8 Å². The molecule has 0 saturated heterocycles. The Bertz CT molecular complexity index is 796. The van der Waals surface area contributed by atoms with Crippen LogP contribution in [0.3, 0.4) is 0 Å². The molecule has 1 heterocycles. The third-order valence-electron chi connectivity index (χ3n) is 3.55. The van der Waals surface area contributed by atoms with E-state index in [9.17, 15) is 4.79 Å². The van der Waals surface area contributed by atoms with Gasteiger partial charge in [0.1, 0.15) is 5.82 Å². The topological polar surface area (TPSA) is 59.0 Å². The Hall–Kier alpha value is -3.08. The maximum atomic E-state index is 12.0. The highest BCUT2D eigenvalue weighted by Gasteiger charge is 2.08. The quantitative estimate of drug-likeness (QED) is 0.775. The minimum Gasteiger partial charge on any atom is -0.334 e. The van der Waals surface area contributed by atoms with Crippen LogP contribution < -0.4 is 10.6 Å². The molecule has 116 valence electrons. The van der Waals surface area contributed by atoms with Crippen LogP contribution in [-0.2, 0) is 6.54 Å². The van der Waals surface area contributed by atoms with Gasteiger partial charge in [-0.1, -0.05) is 36.4 Å². The molecule has 0 aliphatic heterocycles. The fourth-order valence-electron chi connectivity index (χ4n) is 2.40. The molecule has 0 unspecified atom stereocenters. The lowest BCUT2D eigenvalue weighted by atomic mass is 10.1. The summed E-state index contributed by atoms with van der Waals surface area (Å²) < 4.78 is 2.01. The van der Waals surface area contributed by atoms with Crippen molar-refractivity contribution in [3.63, 3.8) is 0 Å². The van der Waals surface area contributed by atoms with E-state index in [1.54, 1.807) is 6.20 Å². The number of aromatic nitrogens is 2. The van der Waals surface area contributed by atoms with Gasteiger partial charge in [-0.2, -0.15) is 0 Å². The van der Waals surface area contributed by atoms with E-state index >= 15 is 0 Å². The fraction of sp³-hybridized carbons (Fsp3) is 0.111. The van der Waals surface area contributed by atoms with Crippen molar-refractivity contribution < 1.29 is 4.79 Å². The lowest BCUT2D eigenvalue weighted by Crippen LogP contribution is -2.28. The number of benzene rings is 2. The molecular formula is C18H18N4O. The first-order valence-corrected chi connectivity index (χ1v) is 7.42. The highest BCUT2D eigenvalue weighted by atomic mass is 16.2. The average Bonchev–Trinajstić information content (AvgIpc) is 3.00. The van der Waals surface area contributed by atoms with Gasteiger partial charge in [0.2, 0.25) is 0 Å². The Balaban J connectivity index is 1.69. The molecule has 0 bridgehead atoms. The van der Waals surface area contributed by atoms with Crippen molar-refractivity contribution in [3.05, 3.63) is 78.4 Å². The van der Waals surface area contributed by atoms with Gasteiger partial charge in [-0.15, -0.1) is 0 Å². The Morgan fingerprint density at radius 2 is 1.83 bits per heavy atom. The zero-order valence-electron chi connectivity index (χ0n) is 12.9. The van der Waals surface area contributed by atoms with Crippen LogP contribution in [0.5, 0.6) is 0 Å². The highest BCUT2D eigenvalue weighted by molar-refractivity contribution is 5.89. The first kappa shape index (κ1) is 14.8. The SMILES string of the molecule is Cc1nccn1-c1ccccc1CNC(=O)Nc1ccccc1. The molecular weight excluding hydrogens is 288 g/mol. The molecule has 0 aliphatic rings. The minimum absolute atomic E-state index is 0.228. The maximum Gasteiger partial charge on any atom is 0.319 e. The number of anilines is 1. The molecule has 0 saturated carbocycles. The van der Waals surface area contributed by atoms with Crippen LogP contribution in [0.15, 0.2) is 67.0 Å². The average molecular weight is 306 g/mol. The number of hydrogen-bond donors (Lipinski definition) is 2. The number of amides is 2. The van der Waals surface area contributed by atoms with Crippen LogP contribution in [0.2, 0.25) is 0 Å². The zero-order valence-corrected chi connectivity index (χ0v) is 12.9. The normalized spacial score (nSPS) is 10.3. The van der Waals surface area contributed by atoms with E-state index in [0.29, 0.717) is 6.54 Å². The summed E-state index contributed by atoms with van der Waals surface area (Å²) in [5.41, 5.74) is 2.81. The summed E-state index contributed by atoms with van der Waals surface area (Å²) in [5.74, 6) is 0.909. The Kier molecular flexibility index (Phi) is 4.38. The molecule has 1 aromatic heterocycles. The number of nitrogens with one attached hydrogen (secondary N) is 2. The largest absolute Gasteiger partial charge is 0.334 e. The molecule has 5 nitrogen and oxygen atoms in total. The summed E-state index contributed by atoms with van der Waals surface area (Å²) in [4.78, 5) is 16.3. The molecule has 2 N–H and O–H groups in total. The van der Waals surface area contributed by atoms with E-state index in [2.05, 4.69) is 15.6 Å². The molecule has 0 atom stereocenters. The van der Waals surface area contributed by atoms with Crippen molar-refractivity contribution in [3.8, 4) is 5.69 Å². The third kappa shape index (κ3) is 3.58. The number of para-hydroxylation sites is 2. The summed E-state index contributed by atoms with van der Waals surface area (Å²) in [7, 11) is 0. The minimum atomic E-state index is -0.228. The van der Waals surface area contributed by atoms with Gasteiger partial charge in [-0.3, -0.25) is 0 Å². The standard InChI is InChI=1S/C18H18N4O/c1-14-19-11-12-22(14)17-10-6-5-7-15(17)13-20-18(23)21-16-8-3-2-4-9-16/h2-12H,13H2,1H3,(H2,20,21,23). The van der Waals surface area contributed by atoms with Crippen molar-refractivity contribution in [2.45, 2.75) is 13.5 Å². The molecule has 0 fully saturated rings. The number of carbonyl (C=O) groups excluding carboxylic acids is 1.